The van der Waals surface area contributed by atoms with E-state index in [1.165, 1.54) is 12.8 Å². The standard InChI is InChI=1S/C10H18O2/c1-2-3-5-8-11-10-7-4-6-9-12-10/h2,10H,1,3-9H2. The third-order valence-corrected chi connectivity index (χ3v) is 1.99. The molecule has 1 fully saturated rings. The van der Waals surface area contributed by atoms with Gasteiger partial charge in [0.25, 0.3) is 0 Å². The molecule has 0 aromatic heterocycles. The maximum Gasteiger partial charge on any atom is 0.157 e. The minimum absolute atomic E-state index is 0.0727. The molecule has 2 nitrogen and oxygen atoms in total. The van der Waals surface area contributed by atoms with Gasteiger partial charge in [-0.2, -0.15) is 0 Å². The van der Waals surface area contributed by atoms with Crippen LogP contribution in [-0.2, 0) is 9.47 Å². The maximum atomic E-state index is 5.52. The predicted octanol–water partition coefficient (Wildman–Crippen LogP) is 2.50. The summed E-state index contributed by atoms with van der Waals surface area (Å²) < 4.78 is 10.9. The number of unbranched alkanes of at least 4 members (excludes halogenated alkanes) is 1. The van der Waals surface area contributed by atoms with Gasteiger partial charge in [-0.15, -0.1) is 6.58 Å². The molecule has 0 aromatic rings. The first-order valence-electron chi connectivity index (χ1n) is 4.77. The SMILES string of the molecule is C=CCCCOC1CCCCO1. The van der Waals surface area contributed by atoms with Crippen LogP contribution < -0.4 is 0 Å². The number of hydrogen-bond donors (Lipinski definition) is 0. The summed E-state index contributed by atoms with van der Waals surface area (Å²) in [4.78, 5) is 0. The summed E-state index contributed by atoms with van der Waals surface area (Å²) in [6.45, 7) is 5.33. The van der Waals surface area contributed by atoms with Crippen LogP contribution in [0.1, 0.15) is 32.1 Å². The third kappa shape index (κ3) is 3.88. The zero-order valence-electron chi connectivity index (χ0n) is 7.63. The average Bonchev–Trinajstić information content (AvgIpc) is 2.14. The zero-order valence-corrected chi connectivity index (χ0v) is 7.63. The molecule has 1 unspecified atom stereocenters. The molecule has 1 aliphatic rings. The van der Waals surface area contributed by atoms with Crippen molar-refractivity contribution in [2.24, 2.45) is 0 Å². The van der Waals surface area contributed by atoms with E-state index in [9.17, 15) is 0 Å². The molecule has 1 rings (SSSR count). The van der Waals surface area contributed by atoms with Crippen LogP contribution in [0.2, 0.25) is 0 Å². The molecule has 70 valence electrons. The second-order valence-corrected chi connectivity index (χ2v) is 3.10. The monoisotopic (exact) mass is 170 g/mol. The highest BCUT2D eigenvalue weighted by atomic mass is 16.7. The van der Waals surface area contributed by atoms with Crippen LogP contribution in [-0.4, -0.2) is 19.5 Å². The fraction of sp³-hybridized carbons (Fsp3) is 0.800. The van der Waals surface area contributed by atoms with Gasteiger partial charge >= 0.3 is 0 Å². The molecular weight excluding hydrogens is 152 g/mol. The van der Waals surface area contributed by atoms with Gasteiger partial charge in [0.15, 0.2) is 6.29 Å². The highest BCUT2D eigenvalue weighted by molar-refractivity contribution is 4.65. The molecule has 0 aliphatic carbocycles. The first kappa shape index (κ1) is 9.75. The Morgan fingerprint density at radius 1 is 1.50 bits per heavy atom. The lowest BCUT2D eigenvalue weighted by Crippen LogP contribution is -2.22. The van der Waals surface area contributed by atoms with Crippen molar-refractivity contribution < 1.29 is 9.47 Å². The second-order valence-electron chi connectivity index (χ2n) is 3.10. The number of ether oxygens (including phenoxy) is 2. The van der Waals surface area contributed by atoms with Gasteiger partial charge in [0.2, 0.25) is 0 Å². The van der Waals surface area contributed by atoms with Crippen molar-refractivity contribution in [3.63, 3.8) is 0 Å². The lowest BCUT2D eigenvalue weighted by Gasteiger charge is -2.22. The van der Waals surface area contributed by atoms with Crippen molar-refractivity contribution >= 4 is 0 Å². The van der Waals surface area contributed by atoms with E-state index in [0.717, 1.165) is 32.5 Å². The summed E-state index contributed by atoms with van der Waals surface area (Å²) in [5.74, 6) is 0. The van der Waals surface area contributed by atoms with E-state index in [1.807, 2.05) is 6.08 Å². The molecule has 0 spiro atoms. The van der Waals surface area contributed by atoms with Gasteiger partial charge in [-0.25, -0.2) is 0 Å². The molecule has 1 atom stereocenters. The molecule has 0 N–H and O–H groups in total. The van der Waals surface area contributed by atoms with Crippen LogP contribution in [0.15, 0.2) is 12.7 Å². The third-order valence-electron chi connectivity index (χ3n) is 1.99. The second kappa shape index (κ2) is 6.21. The molecule has 0 saturated carbocycles. The van der Waals surface area contributed by atoms with E-state index in [1.54, 1.807) is 0 Å². The largest absolute Gasteiger partial charge is 0.353 e. The molecule has 12 heavy (non-hydrogen) atoms. The Morgan fingerprint density at radius 2 is 2.42 bits per heavy atom. The van der Waals surface area contributed by atoms with Crippen molar-refractivity contribution in [1.82, 2.24) is 0 Å². The molecule has 1 saturated heterocycles. The van der Waals surface area contributed by atoms with Crippen LogP contribution in [0.3, 0.4) is 0 Å². The van der Waals surface area contributed by atoms with Crippen LogP contribution in [0.5, 0.6) is 0 Å². The highest BCUT2D eigenvalue weighted by Gasteiger charge is 2.12. The molecule has 1 aliphatic heterocycles. The Labute approximate surface area is 74.6 Å². The minimum Gasteiger partial charge on any atom is -0.353 e. The van der Waals surface area contributed by atoms with Gasteiger partial charge in [-0.1, -0.05) is 6.08 Å². The Balaban J connectivity index is 1.94. The molecule has 0 aromatic carbocycles. The van der Waals surface area contributed by atoms with Gasteiger partial charge in [0.1, 0.15) is 0 Å². The van der Waals surface area contributed by atoms with Gasteiger partial charge in [-0.3, -0.25) is 0 Å². The van der Waals surface area contributed by atoms with E-state index in [4.69, 9.17) is 9.47 Å². The summed E-state index contributed by atoms with van der Waals surface area (Å²) in [5.41, 5.74) is 0. The Morgan fingerprint density at radius 3 is 3.08 bits per heavy atom. The summed E-state index contributed by atoms with van der Waals surface area (Å²) >= 11 is 0. The number of hydrogen-bond acceptors (Lipinski definition) is 2. The first-order chi connectivity index (χ1) is 5.93. The van der Waals surface area contributed by atoms with Crippen LogP contribution in [0, 0.1) is 0 Å². The van der Waals surface area contributed by atoms with Crippen LogP contribution >= 0.6 is 0 Å². The van der Waals surface area contributed by atoms with Crippen molar-refractivity contribution in [3.05, 3.63) is 12.7 Å². The van der Waals surface area contributed by atoms with Crippen molar-refractivity contribution in [3.8, 4) is 0 Å². The fourth-order valence-electron chi connectivity index (χ4n) is 1.29. The molecular formula is C10H18O2. The summed E-state index contributed by atoms with van der Waals surface area (Å²) in [6.07, 6.45) is 7.58. The predicted molar refractivity (Wildman–Crippen MR) is 49.0 cm³/mol. The van der Waals surface area contributed by atoms with Crippen LogP contribution in [0.4, 0.5) is 0 Å². The van der Waals surface area contributed by atoms with E-state index in [0.29, 0.717) is 0 Å². The number of rotatable bonds is 5. The van der Waals surface area contributed by atoms with E-state index in [2.05, 4.69) is 6.58 Å². The van der Waals surface area contributed by atoms with Gasteiger partial charge in [-0.05, 0) is 32.1 Å². The van der Waals surface area contributed by atoms with E-state index >= 15 is 0 Å². The molecule has 0 bridgehead atoms. The van der Waals surface area contributed by atoms with Crippen molar-refractivity contribution in [2.45, 2.75) is 38.4 Å². The van der Waals surface area contributed by atoms with Crippen molar-refractivity contribution in [2.75, 3.05) is 13.2 Å². The van der Waals surface area contributed by atoms with Crippen molar-refractivity contribution in [1.29, 1.82) is 0 Å². The van der Waals surface area contributed by atoms with Gasteiger partial charge in [0, 0.05) is 6.61 Å². The molecule has 0 radical (unpaired) electrons. The summed E-state index contributed by atoms with van der Waals surface area (Å²) in [5, 5.41) is 0. The fourth-order valence-corrected chi connectivity index (χ4v) is 1.29. The highest BCUT2D eigenvalue weighted by Crippen LogP contribution is 2.13. The van der Waals surface area contributed by atoms with E-state index < -0.39 is 0 Å². The molecule has 0 amide bonds. The van der Waals surface area contributed by atoms with Gasteiger partial charge in [0.05, 0.1) is 6.61 Å². The Hall–Kier alpha value is -0.340. The summed E-state index contributed by atoms with van der Waals surface area (Å²) in [6, 6.07) is 0. The molecule has 2 heteroatoms. The normalized spacial score (nSPS) is 23.8. The quantitative estimate of drug-likeness (QED) is 0.466. The lowest BCUT2D eigenvalue weighted by molar-refractivity contribution is -0.162. The minimum atomic E-state index is 0.0727. The van der Waals surface area contributed by atoms with Crippen LogP contribution in [0.25, 0.3) is 0 Å². The number of allylic oxidation sites excluding steroid dienone is 1. The first-order valence-corrected chi connectivity index (χ1v) is 4.77. The Bertz CT molecular complexity index is 117. The smallest absolute Gasteiger partial charge is 0.157 e. The Kier molecular flexibility index (Phi) is 5.04. The maximum absolute atomic E-state index is 5.52. The average molecular weight is 170 g/mol. The topological polar surface area (TPSA) is 18.5 Å². The van der Waals surface area contributed by atoms with Gasteiger partial charge < -0.3 is 9.47 Å². The zero-order chi connectivity index (χ0) is 8.65. The molecule has 1 heterocycles. The van der Waals surface area contributed by atoms with E-state index in [-0.39, 0.29) is 6.29 Å². The summed E-state index contributed by atoms with van der Waals surface area (Å²) in [7, 11) is 0. The lowest BCUT2D eigenvalue weighted by atomic mass is 10.2.